The molecule has 0 aliphatic heterocycles. The van der Waals surface area contributed by atoms with E-state index in [2.05, 4.69) is 16.7 Å². The lowest BCUT2D eigenvalue weighted by molar-refractivity contribution is -0.137. The van der Waals surface area contributed by atoms with Gasteiger partial charge in [0.25, 0.3) is 0 Å². The van der Waals surface area contributed by atoms with E-state index >= 15 is 0 Å². The van der Waals surface area contributed by atoms with Crippen LogP contribution < -0.4 is 10.6 Å². The fourth-order valence-electron chi connectivity index (χ4n) is 2.40. The number of aryl methyl sites for hydroxylation is 2. The van der Waals surface area contributed by atoms with E-state index in [4.69, 9.17) is 5.11 Å². The monoisotopic (exact) mass is 290 g/mol. The molecule has 1 aliphatic rings. The van der Waals surface area contributed by atoms with Crippen molar-refractivity contribution in [3.63, 3.8) is 0 Å². The maximum Gasteiger partial charge on any atom is 0.322 e. The van der Waals surface area contributed by atoms with Gasteiger partial charge in [0.05, 0.1) is 13.0 Å². The second kappa shape index (κ2) is 6.88. The summed E-state index contributed by atoms with van der Waals surface area (Å²) in [5, 5.41) is 13.1. The Morgan fingerprint density at radius 3 is 2.48 bits per heavy atom. The van der Waals surface area contributed by atoms with Gasteiger partial charge in [0, 0.05) is 0 Å². The Morgan fingerprint density at radius 1 is 1.00 bits per heavy atom. The van der Waals surface area contributed by atoms with Crippen molar-refractivity contribution in [2.24, 2.45) is 0 Å². The maximum absolute atomic E-state index is 11.7. The topological polar surface area (TPSA) is 95.5 Å². The maximum atomic E-state index is 11.7. The summed E-state index contributed by atoms with van der Waals surface area (Å²) in [6.07, 6.45) is 3.54. The number of hydrogen-bond donors (Lipinski definition) is 3. The fourth-order valence-corrected chi connectivity index (χ4v) is 2.40. The first-order valence-electron chi connectivity index (χ1n) is 6.90. The van der Waals surface area contributed by atoms with Crippen molar-refractivity contribution >= 4 is 17.8 Å². The smallest absolute Gasteiger partial charge is 0.322 e. The Morgan fingerprint density at radius 2 is 1.71 bits per heavy atom. The highest BCUT2D eigenvalue weighted by molar-refractivity contribution is 5.87. The average Bonchev–Trinajstić information content (AvgIpc) is 2.90. The minimum atomic E-state index is -1.12. The second-order valence-corrected chi connectivity index (χ2v) is 5.08. The van der Waals surface area contributed by atoms with E-state index in [1.165, 1.54) is 11.1 Å². The van der Waals surface area contributed by atoms with E-state index < -0.39 is 18.4 Å². The molecule has 21 heavy (non-hydrogen) atoms. The van der Waals surface area contributed by atoms with Crippen LogP contribution in [0.25, 0.3) is 0 Å². The number of fused-ring (bicyclic) bond motifs is 1. The highest BCUT2D eigenvalue weighted by Crippen LogP contribution is 2.22. The third-order valence-electron chi connectivity index (χ3n) is 3.41. The van der Waals surface area contributed by atoms with E-state index in [9.17, 15) is 14.4 Å². The molecule has 0 bridgehead atoms. The first-order valence-corrected chi connectivity index (χ1v) is 6.90. The van der Waals surface area contributed by atoms with Crippen LogP contribution >= 0.6 is 0 Å². The zero-order valence-electron chi connectivity index (χ0n) is 11.6. The van der Waals surface area contributed by atoms with E-state index in [0.29, 0.717) is 0 Å². The predicted molar refractivity (Wildman–Crippen MR) is 75.8 cm³/mol. The molecule has 0 fully saturated rings. The summed E-state index contributed by atoms with van der Waals surface area (Å²) < 4.78 is 0. The van der Waals surface area contributed by atoms with Gasteiger partial charge in [-0.2, -0.15) is 0 Å². The van der Waals surface area contributed by atoms with Gasteiger partial charge in [-0.05, 0) is 36.0 Å². The van der Waals surface area contributed by atoms with Crippen LogP contribution in [0.5, 0.6) is 0 Å². The van der Waals surface area contributed by atoms with Gasteiger partial charge in [-0.3, -0.25) is 14.4 Å². The lowest BCUT2D eigenvalue weighted by Gasteiger charge is -2.07. The molecular formula is C15H18N2O4. The van der Waals surface area contributed by atoms with Gasteiger partial charge in [0.2, 0.25) is 11.8 Å². The third kappa shape index (κ3) is 4.59. The van der Waals surface area contributed by atoms with Crippen LogP contribution in [0.4, 0.5) is 0 Å². The quantitative estimate of drug-likeness (QED) is 0.689. The minimum absolute atomic E-state index is 0.211. The highest BCUT2D eigenvalue weighted by Gasteiger charge is 2.12. The average molecular weight is 290 g/mol. The standard InChI is InChI=1S/C15H18N2O4/c18-13(16-8-14(19)17-9-15(20)21)7-10-4-5-11-2-1-3-12(11)6-10/h4-6H,1-3,7-9H2,(H,16,18)(H,17,19)(H,20,21). The lowest BCUT2D eigenvalue weighted by atomic mass is 10.0. The molecule has 0 heterocycles. The summed E-state index contributed by atoms with van der Waals surface area (Å²) in [5.74, 6) is -1.88. The summed E-state index contributed by atoms with van der Waals surface area (Å²) in [6.45, 7) is -0.656. The van der Waals surface area contributed by atoms with Crippen molar-refractivity contribution in [1.29, 1.82) is 0 Å². The first kappa shape index (κ1) is 15.0. The van der Waals surface area contributed by atoms with E-state index in [1.807, 2.05) is 12.1 Å². The summed E-state index contributed by atoms with van der Waals surface area (Å²) in [6, 6.07) is 6.05. The van der Waals surface area contributed by atoms with Gasteiger partial charge in [-0.1, -0.05) is 18.2 Å². The van der Waals surface area contributed by atoms with Gasteiger partial charge in [0.1, 0.15) is 6.54 Å². The van der Waals surface area contributed by atoms with Gasteiger partial charge in [-0.15, -0.1) is 0 Å². The Hall–Kier alpha value is -2.37. The predicted octanol–water partition coefficient (Wildman–Crippen LogP) is 0.0348. The zero-order valence-corrected chi connectivity index (χ0v) is 11.6. The van der Waals surface area contributed by atoms with Crippen LogP contribution in [0.1, 0.15) is 23.1 Å². The van der Waals surface area contributed by atoms with Crippen molar-refractivity contribution in [3.05, 3.63) is 34.9 Å². The third-order valence-corrected chi connectivity index (χ3v) is 3.41. The molecule has 2 rings (SSSR count). The SMILES string of the molecule is O=C(O)CNC(=O)CNC(=O)Cc1ccc2c(c1)CCC2. The number of carboxylic acids is 1. The zero-order chi connectivity index (χ0) is 15.2. The number of carboxylic acid groups (broad SMARTS) is 1. The van der Waals surface area contributed by atoms with Gasteiger partial charge in [0.15, 0.2) is 0 Å². The largest absolute Gasteiger partial charge is 0.480 e. The van der Waals surface area contributed by atoms with Crippen LogP contribution in [-0.4, -0.2) is 36.0 Å². The number of hydrogen-bond acceptors (Lipinski definition) is 3. The number of rotatable bonds is 6. The van der Waals surface area contributed by atoms with Crippen molar-refractivity contribution in [2.75, 3.05) is 13.1 Å². The molecule has 6 heteroatoms. The molecular weight excluding hydrogens is 272 g/mol. The lowest BCUT2D eigenvalue weighted by Crippen LogP contribution is -2.39. The number of carbonyl (C=O) groups excluding carboxylic acids is 2. The molecule has 0 saturated carbocycles. The van der Waals surface area contributed by atoms with Crippen LogP contribution in [-0.2, 0) is 33.6 Å². The molecule has 0 atom stereocenters. The van der Waals surface area contributed by atoms with Crippen molar-refractivity contribution < 1.29 is 19.5 Å². The Bertz CT molecular complexity index is 569. The molecule has 3 N–H and O–H groups in total. The second-order valence-electron chi connectivity index (χ2n) is 5.08. The number of nitrogens with one attached hydrogen (secondary N) is 2. The van der Waals surface area contributed by atoms with Crippen LogP contribution in [0.15, 0.2) is 18.2 Å². The molecule has 0 radical (unpaired) electrons. The van der Waals surface area contributed by atoms with Crippen molar-refractivity contribution in [1.82, 2.24) is 10.6 Å². The Balaban J connectivity index is 1.77. The molecule has 1 aromatic rings. The number of amides is 2. The summed E-state index contributed by atoms with van der Waals surface area (Å²) >= 11 is 0. The van der Waals surface area contributed by atoms with E-state index in [1.54, 1.807) is 0 Å². The molecule has 2 amide bonds. The number of benzene rings is 1. The number of aliphatic carboxylic acids is 1. The summed E-state index contributed by atoms with van der Waals surface area (Å²) in [5.41, 5.74) is 3.59. The fraction of sp³-hybridized carbons (Fsp3) is 0.400. The number of carbonyl (C=O) groups is 3. The molecule has 0 saturated heterocycles. The normalized spacial score (nSPS) is 12.6. The van der Waals surface area contributed by atoms with Crippen molar-refractivity contribution in [3.8, 4) is 0 Å². The van der Waals surface area contributed by atoms with Gasteiger partial charge >= 0.3 is 5.97 Å². The molecule has 1 aliphatic carbocycles. The van der Waals surface area contributed by atoms with Crippen LogP contribution in [0.2, 0.25) is 0 Å². The summed E-state index contributed by atoms with van der Waals surface area (Å²) in [4.78, 5) is 33.3. The van der Waals surface area contributed by atoms with Gasteiger partial charge in [-0.25, -0.2) is 0 Å². The molecule has 0 spiro atoms. The molecule has 6 nitrogen and oxygen atoms in total. The highest BCUT2D eigenvalue weighted by atomic mass is 16.4. The summed E-state index contributed by atoms with van der Waals surface area (Å²) in [7, 11) is 0. The molecule has 0 aromatic heterocycles. The van der Waals surface area contributed by atoms with Crippen LogP contribution in [0, 0.1) is 0 Å². The molecule has 0 unspecified atom stereocenters. The Labute approximate surface area is 122 Å². The first-order chi connectivity index (χ1) is 10.0. The Kier molecular flexibility index (Phi) is 4.92. The van der Waals surface area contributed by atoms with E-state index in [0.717, 1.165) is 24.8 Å². The van der Waals surface area contributed by atoms with Crippen LogP contribution in [0.3, 0.4) is 0 Å². The molecule has 1 aromatic carbocycles. The molecule has 112 valence electrons. The minimum Gasteiger partial charge on any atom is -0.480 e. The van der Waals surface area contributed by atoms with Gasteiger partial charge < -0.3 is 15.7 Å². The van der Waals surface area contributed by atoms with E-state index in [-0.39, 0.29) is 18.9 Å². The van der Waals surface area contributed by atoms with Crippen molar-refractivity contribution in [2.45, 2.75) is 25.7 Å².